The van der Waals surface area contributed by atoms with Crippen molar-refractivity contribution in [1.29, 1.82) is 0 Å². The number of hydrogen-bond donors (Lipinski definition) is 1. The number of benzene rings is 1. The normalized spacial score (nSPS) is 18.2. The molecule has 1 saturated heterocycles. The van der Waals surface area contributed by atoms with Gasteiger partial charge < -0.3 is 10.1 Å². The number of fused-ring (bicyclic) bond motifs is 1. The summed E-state index contributed by atoms with van der Waals surface area (Å²) in [4.78, 5) is 15.4. The van der Waals surface area contributed by atoms with Gasteiger partial charge in [0.25, 0.3) is 5.91 Å². The number of carbonyl (C=O) groups excluding carboxylic acids is 1. The number of amides is 1. The first-order valence-electron chi connectivity index (χ1n) is 10.4. The fourth-order valence-electron chi connectivity index (χ4n) is 4.20. The van der Waals surface area contributed by atoms with Crippen molar-refractivity contribution in [2.24, 2.45) is 0 Å². The summed E-state index contributed by atoms with van der Waals surface area (Å²) in [5.41, 5.74) is 4.02. The van der Waals surface area contributed by atoms with Crippen molar-refractivity contribution in [3.05, 3.63) is 52.8 Å². The molecule has 6 heteroatoms. The summed E-state index contributed by atoms with van der Waals surface area (Å²) >= 11 is 0. The van der Waals surface area contributed by atoms with E-state index in [9.17, 15) is 4.79 Å². The maximum atomic E-state index is 12.9. The highest BCUT2D eigenvalue weighted by Crippen LogP contribution is 2.24. The minimum atomic E-state index is -0.0531. The molecule has 6 nitrogen and oxygen atoms in total. The van der Waals surface area contributed by atoms with E-state index in [2.05, 4.69) is 59.5 Å². The van der Waals surface area contributed by atoms with Crippen LogP contribution in [0.4, 0.5) is 0 Å². The Labute approximate surface area is 166 Å². The van der Waals surface area contributed by atoms with Crippen LogP contribution in [0, 0.1) is 0 Å². The quantitative estimate of drug-likeness (QED) is 0.864. The highest BCUT2D eigenvalue weighted by Gasteiger charge is 2.28. The third-order valence-electron chi connectivity index (χ3n) is 5.72. The highest BCUT2D eigenvalue weighted by atomic mass is 16.5. The zero-order chi connectivity index (χ0) is 19.5. The molecule has 0 radical (unpaired) electrons. The van der Waals surface area contributed by atoms with Gasteiger partial charge in [0, 0.05) is 49.4 Å². The van der Waals surface area contributed by atoms with E-state index in [-0.39, 0.29) is 18.0 Å². The average molecular weight is 383 g/mol. The number of nitrogens with one attached hydrogen (secondary N) is 1. The van der Waals surface area contributed by atoms with Crippen molar-refractivity contribution in [3.63, 3.8) is 0 Å². The zero-order valence-corrected chi connectivity index (χ0v) is 16.9. The molecule has 0 atom stereocenters. The molecule has 0 spiro atoms. The van der Waals surface area contributed by atoms with Crippen LogP contribution in [-0.4, -0.2) is 46.3 Å². The summed E-state index contributed by atoms with van der Waals surface area (Å²) in [5.74, 6) is -0.0531. The fraction of sp³-hybridized carbons (Fsp3) is 0.545. The Balaban J connectivity index is 1.36. The number of ether oxygens (including phenoxy) is 1. The maximum Gasteiger partial charge on any atom is 0.272 e. The van der Waals surface area contributed by atoms with Crippen LogP contribution in [0.25, 0.3) is 0 Å². The Morgan fingerprint density at radius 3 is 2.71 bits per heavy atom. The fourth-order valence-corrected chi connectivity index (χ4v) is 4.20. The van der Waals surface area contributed by atoms with Gasteiger partial charge in [-0.2, -0.15) is 5.10 Å². The lowest BCUT2D eigenvalue weighted by molar-refractivity contribution is 0.0884. The maximum absolute atomic E-state index is 12.9. The van der Waals surface area contributed by atoms with Crippen LogP contribution in [0.1, 0.15) is 60.0 Å². The molecule has 0 saturated carbocycles. The molecule has 3 heterocycles. The molecule has 1 amide bonds. The van der Waals surface area contributed by atoms with Crippen molar-refractivity contribution < 1.29 is 9.53 Å². The summed E-state index contributed by atoms with van der Waals surface area (Å²) < 4.78 is 7.60. The minimum absolute atomic E-state index is 0.0531. The molecule has 1 aromatic heterocycles. The predicted octanol–water partition coefficient (Wildman–Crippen LogP) is 2.93. The van der Waals surface area contributed by atoms with Gasteiger partial charge in [0.05, 0.1) is 13.2 Å². The Bertz CT molecular complexity index is 807. The third kappa shape index (κ3) is 4.13. The van der Waals surface area contributed by atoms with Crippen LogP contribution in [0.3, 0.4) is 0 Å². The molecule has 0 bridgehead atoms. The van der Waals surface area contributed by atoms with Gasteiger partial charge in [-0.05, 0) is 32.3 Å². The second-order valence-electron chi connectivity index (χ2n) is 8.12. The number of rotatable bonds is 5. The smallest absolute Gasteiger partial charge is 0.272 e. The lowest BCUT2D eigenvalue weighted by Crippen LogP contribution is -2.44. The second kappa shape index (κ2) is 8.45. The molecule has 1 fully saturated rings. The van der Waals surface area contributed by atoms with Crippen molar-refractivity contribution >= 4 is 5.91 Å². The summed E-state index contributed by atoms with van der Waals surface area (Å²) in [6, 6.07) is 11.0. The van der Waals surface area contributed by atoms with Crippen LogP contribution in [0.15, 0.2) is 30.3 Å². The van der Waals surface area contributed by atoms with Gasteiger partial charge in [-0.15, -0.1) is 0 Å². The van der Waals surface area contributed by atoms with E-state index in [0.717, 1.165) is 50.2 Å². The minimum Gasteiger partial charge on any atom is -0.376 e. The third-order valence-corrected chi connectivity index (χ3v) is 5.72. The number of aromatic nitrogens is 2. The second-order valence-corrected chi connectivity index (χ2v) is 8.12. The Morgan fingerprint density at radius 2 is 2.00 bits per heavy atom. The first kappa shape index (κ1) is 19.2. The zero-order valence-electron chi connectivity index (χ0n) is 16.9. The Kier molecular flexibility index (Phi) is 5.78. The largest absolute Gasteiger partial charge is 0.376 e. The molecule has 1 aromatic carbocycles. The van der Waals surface area contributed by atoms with Crippen LogP contribution >= 0.6 is 0 Å². The van der Waals surface area contributed by atoms with Gasteiger partial charge in [-0.25, -0.2) is 0 Å². The molecule has 2 aromatic rings. The number of piperidine rings is 1. The summed E-state index contributed by atoms with van der Waals surface area (Å²) in [7, 11) is 0. The predicted molar refractivity (Wildman–Crippen MR) is 108 cm³/mol. The number of carbonyl (C=O) groups is 1. The van der Waals surface area contributed by atoms with Crippen LogP contribution in [-0.2, 0) is 24.3 Å². The van der Waals surface area contributed by atoms with E-state index in [4.69, 9.17) is 4.74 Å². The van der Waals surface area contributed by atoms with Gasteiger partial charge in [0.1, 0.15) is 0 Å². The Morgan fingerprint density at radius 1 is 1.25 bits per heavy atom. The van der Waals surface area contributed by atoms with Crippen molar-refractivity contribution in [3.8, 4) is 0 Å². The van der Waals surface area contributed by atoms with E-state index < -0.39 is 0 Å². The number of likely N-dealkylation sites (tertiary alicyclic amines) is 1. The molecule has 0 aliphatic carbocycles. The van der Waals surface area contributed by atoms with E-state index in [0.29, 0.717) is 18.9 Å². The molecule has 4 rings (SSSR count). The molecular formula is C22H30N4O2. The number of hydrogen-bond acceptors (Lipinski definition) is 4. The lowest BCUT2D eigenvalue weighted by Gasteiger charge is -2.32. The first-order chi connectivity index (χ1) is 13.6. The van der Waals surface area contributed by atoms with Gasteiger partial charge >= 0.3 is 0 Å². The van der Waals surface area contributed by atoms with Crippen LogP contribution in [0.2, 0.25) is 0 Å². The van der Waals surface area contributed by atoms with Crippen LogP contribution in [0.5, 0.6) is 0 Å². The van der Waals surface area contributed by atoms with Crippen LogP contribution < -0.4 is 5.32 Å². The van der Waals surface area contributed by atoms with Crippen molar-refractivity contribution in [2.45, 2.75) is 58.3 Å². The van der Waals surface area contributed by atoms with Gasteiger partial charge in [-0.3, -0.25) is 14.4 Å². The summed E-state index contributed by atoms with van der Waals surface area (Å²) in [6.07, 6.45) is 2.77. The van der Waals surface area contributed by atoms with Gasteiger partial charge in [0.2, 0.25) is 0 Å². The van der Waals surface area contributed by atoms with E-state index in [1.807, 2.05) is 4.68 Å². The Hall–Kier alpha value is -2.18. The summed E-state index contributed by atoms with van der Waals surface area (Å²) in [5, 5.41) is 7.87. The molecule has 0 unspecified atom stereocenters. The van der Waals surface area contributed by atoms with E-state index in [1.54, 1.807) is 0 Å². The molecule has 1 N–H and O–H groups in total. The van der Waals surface area contributed by atoms with E-state index >= 15 is 0 Å². The average Bonchev–Trinajstić information content (AvgIpc) is 3.10. The van der Waals surface area contributed by atoms with Gasteiger partial charge in [-0.1, -0.05) is 30.3 Å². The van der Waals surface area contributed by atoms with Gasteiger partial charge in [0.15, 0.2) is 5.69 Å². The molecular weight excluding hydrogens is 352 g/mol. The molecule has 2 aliphatic heterocycles. The molecule has 28 heavy (non-hydrogen) atoms. The standard InChI is InChI=1S/C22H30N4O2/c1-16(2)26-20-10-13-28-15-19(20)21(24-26)22(27)23-18-8-11-25(12-9-18)14-17-6-4-3-5-7-17/h3-7,16,18H,8-15H2,1-2H3,(H,23,27). The molecule has 2 aliphatic rings. The first-order valence-corrected chi connectivity index (χ1v) is 10.4. The monoisotopic (exact) mass is 382 g/mol. The highest BCUT2D eigenvalue weighted by molar-refractivity contribution is 5.94. The lowest BCUT2D eigenvalue weighted by atomic mass is 10.0. The molecule has 150 valence electrons. The SMILES string of the molecule is CC(C)n1nc(C(=O)NC2CCN(Cc3ccccc3)CC2)c2c1CCOC2. The van der Waals surface area contributed by atoms with Crippen molar-refractivity contribution in [2.75, 3.05) is 19.7 Å². The van der Waals surface area contributed by atoms with E-state index in [1.165, 1.54) is 5.56 Å². The topological polar surface area (TPSA) is 59.4 Å². The van der Waals surface area contributed by atoms with Crippen molar-refractivity contribution in [1.82, 2.24) is 20.0 Å². The summed E-state index contributed by atoms with van der Waals surface area (Å²) in [6.45, 7) is 8.38. The number of nitrogens with zero attached hydrogens (tertiary/aromatic N) is 3.